The summed E-state index contributed by atoms with van der Waals surface area (Å²) in [5.41, 5.74) is 4.02. The van der Waals surface area contributed by atoms with Crippen LogP contribution in [0.3, 0.4) is 0 Å². The Morgan fingerprint density at radius 1 is 1.00 bits per heavy atom. The van der Waals surface area contributed by atoms with Crippen LogP contribution in [0.15, 0.2) is 71.8 Å². The van der Waals surface area contributed by atoms with Crippen molar-refractivity contribution in [3.8, 4) is 0 Å². The van der Waals surface area contributed by atoms with Crippen LogP contribution in [0, 0.1) is 0 Å². The van der Waals surface area contributed by atoms with E-state index in [0.717, 1.165) is 30.0 Å². The monoisotopic (exact) mass is 393 g/mol. The van der Waals surface area contributed by atoms with Gasteiger partial charge in [0.2, 0.25) is 0 Å². The molecule has 0 saturated heterocycles. The van der Waals surface area contributed by atoms with E-state index in [1.807, 2.05) is 30.3 Å². The Morgan fingerprint density at radius 2 is 1.75 bits per heavy atom. The average Bonchev–Trinajstić information content (AvgIpc) is 3.12. The summed E-state index contributed by atoms with van der Waals surface area (Å²) >= 11 is 0. The van der Waals surface area contributed by atoms with Gasteiger partial charge in [-0.25, -0.2) is 13.4 Å². The molecule has 1 aromatic heterocycles. The van der Waals surface area contributed by atoms with Crippen molar-refractivity contribution in [2.75, 3.05) is 16.2 Å². The first-order valence-electron chi connectivity index (χ1n) is 9.38. The molecule has 1 N–H and O–H groups in total. The first kappa shape index (κ1) is 18.5. The van der Waals surface area contributed by atoms with Gasteiger partial charge in [-0.05, 0) is 53.8 Å². The maximum absolute atomic E-state index is 12.6. The number of hydrogen-bond acceptors (Lipinski definition) is 4. The molecule has 0 spiro atoms. The summed E-state index contributed by atoms with van der Waals surface area (Å²) in [5.74, 6) is 1.17. The molecule has 6 heteroatoms. The Morgan fingerprint density at radius 3 is 2.43 bits per heavy atom. The van der Waals surface area contributed by atoms with E-state index in [9.17, 15) is 8.42 Å². The van der Waals surface area contributed by atoms with Crippen molar-refractivity contribution in [2.45, 2.75) is 31.1 Å². The first-order chi connectivity index (χ1) is 13.4. The molecule has 2 aromatic carbocycles. The molecule has 28 heavy (non-hydrogen) atoms. The highest BCUT2D eigenvalue weighted by molar-refractivity contribution is 7.92. The maximum Gasteiger partial charge on any atom is 0.261 e. The van der Waals surface area contributed by atoms with E-state index in [-0.39, 0.29) is 4.90 Å². The van der Waals surface area contributed by atoms with Crippen LogP contribution in [0.25, 0.3) is 0 Å². The molecule has 5 nitrogen and oxygen atoms in total. The number of anilines is 3. The number of nitrogens with one attached hydrogen (secondary N) is 1. The summed E-state index contributed by atoms with van der Waals surface area (Å²) in [6, 6.07) is 18.9. The number of hydrogen-bond donors (Lipinski definition) is 1. The number of sulfonamides is 1. The molecule has 0 saturated carbocycles. The largest absolute Gasteiger partial charge is 0.326 e. The van der Waals surface area contributed by atoms with E-state index in [1.165, 1.54) is 5.56 Å². The standard InChI is InChI=1S/C22H23N3O2S/c1-16(2)17-7-10-20(11-8-17)28(26,27)24-19-9-12-22(23-15-19)25-14-13-18-5-3-4-6-21(18)25/h3-12,15-16,24H,13-14H2,1-2H3. The molecule has 144 valence electrons. The lowest BCUT2D eigenvalue weighted by atomic mass is 10.0. The van der Waals surface area contributed by atoms with E-state index in [0.29, 0.717) is 11.6 Å². The third kappa shape index (κ3) is 3.60. The van der Waals surface area contributed by atoms with Crippen LogP contribution in [-0.4, -0.2) is 19.9 Å². The molecule has 0 fully saturated rings. The van der Waals surface area contributed by atoms with Crippen molar-refractivity contribution >= 4 is 27.2 Å². The predicted octanol–water partition coefficient (Wildman–Crippen LogP) is 4.70. The van der Waals surface area contributed by atoms with E-state index >= 15 is 0 Å². The van der Waals surface area contributed by atoms with E-state index in [1.54, 1.807) is 24.4 Å². The van der Waals surface area contributed by atoms with Crippen molar-refractivity contribution in [1.29, 1.82) is 0 Å². The molecule has 0 bridgehead atoms. The van der Waals surface area contributed by atoms with Crippen LogP contribution in [0.2, 0.25) is 0 Å². The third-order valence-electron chi connectivity index (χ3n) is 5.02. The number of rotatable bonds is 5. The number of pyridine rings is 1. The number of fused-ring (bicyclic) bond motifs is 1. The van der Waals surface area contributed by atoms with Gasteiger partial charge in [0, 0.05) is 12.2 Å². The second kappa shape index (κ2) is 7.28. The fourth-order valence-corrected chi connectivity index (χ4v) is 4.47. The van der Waals surface area contributed by atoms with Crippen LogP contribution in [0.1, 0.15) is 30.9 Å². The van der Waals surface area contributed by atoms with Gasteiger partial charge in [-0.3, -0.25) is 4.72 Å². The number of aromatic nitrogens is 1. The highest BCUT2D eigenvalue weighted by Gasteiger charge is 2.21. The minimum absolute atomic E-state index is 0.245. The summed E-state index contributed by atoms with van der Waals surface area (Å²) in [4.78, 5) is 6.87. The van der Waals surface area contributed by atoms with Gasteiger partial charge in [0.25, 0.3) is 10.0 Å². The Hall–Kier alpha value is -2.86. The predicted molar refractivity (Wildman–Crippen MR) is 113 cm³/mol. The second-order valence-corrected chi connectivity index (χ2v) is 8.95. The maximum atomic E-state index is 12.6. The Kier molecular flexibility index (Phi) is 4.81. The molecule has 0 aliphatic carbocycles. The van der Waals surface area contributed by atoms with Crippen molar-refractivity contribution in [2.24, 2.45) is 0 Å². The number of nitrogens with zero attached hydrogens (tertiary/aromatic N) is 2. The molecule has 4 rings (SSSR count). The topological polar surface area (TPSA) is 62.3 Å². The molecule has 3 aromatic rings. The third-order valence-corrected chi connectivity index (χ3v) is 6.42. The highest BCUT2D eigenvalue weighted by atomic mass is 32.2. The minimum Gasteiger partial charge on any atom is -0.326 e. The molecule has 2 heterocycles. The number of benzene rings is 2. The van der Waals surface area contributed by atoms with Crippen molar-refractivity contribution in [3.63, 3.8) is 0 Å². The zero-order chi connectivity index (χ0) is 19.7. The molecule has 0 amide bonds. The van der Waals surface area contributed by atoms with Crippen LogP contribution in [0.5, 0.6) is 0 Å². The zero-order valence-corrected chi connectivity index (χ0v) is 16.8. The normalized spacial score (nSPS) is 13.6. The Labute approximate surface area is 166 Å². The van der Waals surface area contributed by atoms with E-state index < -0.39 is 10.0 Å². The summed E-state index contributed by atoms with van der Waals surface area (Å²) in [6.07, 6.45) is 2.55. The van der Waals surface area contributed by atoms with Gasteiger partial charge in [-0.15, -0.1) is 0 Å². The fourth-order valence-electron chi connectivity index (χ4n) is 3.43. The smallest absolute Gasteiger partial charge is 0.261 e. The molecule has 0 unspecified atom stereocenters. The van der Waals surface area contributed by atoms with Crippen LogP contribution in [-0.2, 0) is 16.4 Å². The van der Waals surface area contributed by atoms with Gasteiger partial charge < -0.3 is 4.90 Å². The summed E-state index contributed by atoms with van der Waals surface area (Å²) in [7, 11) is -3.64. The van der Waals surface area contributed by atoms with Crippen molar-refractivity contribution in [3.05, 3.63) is 78.0 Å². The second-order valence-electron chi connectivity index (χ2n) is 7.26. The molecule has 1 aliphatic rings. The molecule has 0 atom stereocenters. The quantitative estimate of drug-likeness (QED) is 0.682. The lowest BCUT2D eigenvalue weighted by Crippen LogP contribution is -2.16. The molecular formula is C22H23N3O2S. The Bertz CT molecular complexity index is 1080. The molecule has 0 radical (unpaired) electrons. The van der Waals surface area contributed by atoms with E-state index in [4.69, 9.17) is 0 Å². The minimum atomic E-state index is -3.64. The van der Waals surface area contributed by atoms with Gasteiger partial charge in [0.1, 0.15) is 5.82 Å². The summed E-state index contributed by atoms with van der Waals surface area (Å²) in [6.45, 7) is 5.03. The Balaban J connectivity index is 1.52. The summed E-state index contributed by atoms with van der Waals surface area (Å²) < 4.78 is 27.9. The lowest BCUT2D eigenvalue weighted by Gasteiger charge is -2.18. The van der Waals surface area contributed by atoms with Gasteiger partial charge >= 0.3 is 0 Å². The van der Waals surface area contributed by atoms with Gasteiger partial charge in [0.15, 0.2) is 0 Å². The summed E-state index contributed by atoms with van der Waals surface area (Å²) in [5, 5.41) is 0. The number of para-hydroxylation sites is 1. The average molecular weight is 394 g/mol. The van der Waals surface area contributed by atoms with Crippen molar-refractivity contribution in [1.82, 2.24) is 4.98 Å². The van der Waals surface area contributed by atoms with Gasteiger partial charge in [-0.1, -0.05) is 44.2 Å². The van der Waals surface area contributed by atoms with Crippen LogP contribution >= 0.6 is 0 Å². The molecule has 1 aliphatic heterocycles. The molecular weight excluding hydrogens is 370 g/mol. The zero-order valence-electron chi connectivity index (χ0n) is 16.0. The lowest BCUT2D eigenvalue weighted by molar-refractivity contribution is 0.601. The highest BCUT2D eigenvalue weighted by Crippen LogP contribution is 2.33. The van der Waals surface area contributed by atoms with Crippen LogP contribution < -0.4 is 9.62 Å². The van der Waals surface area contributed by atoms with E-state index in [2.05, 4.69) is 40.6 Å². The SMILES string of the molecule is CC(C)c1ccc(S(=O)(=O)Nc2ccc(N3CCc4ccccc43)nc2)cc1. The van der Waals surface area contributed by atoms with Crippen LogP contribution in [0.4, 0.5) is 17.2 Å². The fraction of sp³-hybridized carbons (Fsp3) is 0.227. The first-order valence-corrected chi connectivity index (χ1v) is 10.9. The van der Waals surface area contributed by atoms with Gasteiger partial charge in [-0.2, -0.15) is 0 Å². The van der Waals surface area contributed by atoms with Crippen molar-refractivity contribution < 1.29 is 8.42 Å². The van der Waals surface area contributed by atoms with Gasteiger partial charge in [0.05, 0.1) is 16.8 Å².